The minimum absolute atomic E-state index is 0.485. The molecule has 0 N–H and O–H groups in total. The Labute approximate surface area is 153 Å². The molecule has 0 saturated heterocycles. The molecule has 0 spiro atoms. The molecule has 0 aliphatic carbocycles. The van der Waals surface area contributed by atoms with Crippen molar-refractivity contribution in [1.82, 2.24) is 0 Å². The average molecular weight is 355 g/mol. The summed E-state index contributed by atoms with van der Waals surface area (Å²) < 4.78 is 26.8. The van der Waals surface area contributed by atoms with Gasteiger partial charge in [-0.25, -0.2) is 0 Å². The predicted molar refractivity (Wildman–Crippen MR) is 98.3 cm³/mol. The molecule has 0 atom stereocenters. The highest BCUT2D eigenvalue weighted by Gasteiger charge is 2.17. The highest BCUT2D eigenvalue weighted by molar-refractivity contribution is 5.84. The lowest BCUT2D eigenvalue weighted by molar-refractivity contribution is 0.324. The van der Waals surface area contributed by atoms with Crippen molar-refractivity contribution in [3.05, 3.63) is 47.5 Å². The van der Waals surface area contributed by atoms with Gasteiger partial charge in [-0.05, 0) is 41.0 Å². The van der Waals surface area contributed by atoms with E-state index in [-0.39, 0.29) is 0 Å². The van der Waals surface area contributed by atoms with E-state index in [0.29, 0.717) is 34.3 Å². The molecular formula is C20H21NO5. The lowest BCUT2D eigenvalue weighted by Crippen LogP contribution is -1.98. The Morgan fingerprint density at radius 1 is 0.731 bits per heavy atom. The summed E-state index contributed by atoms with van der Waals surface area (Å²) in [6, 6.07) is 11.1. The van der Waals surface area contributed by atoms with Crippen LogP contribution in [0.2, 0.25) is 0 Å². The quantitative estimate of drug-likeness (QED) is 0.706. The molecule has 6 nitrogen and oxygen atoms in total. The number of nitrogens with zero attached hydrogens (tertiary/aromatic N) is 1. The van der Waals surface area contributed by atoms with E-state index < -0.39 is 0 Å². The Bertz CT molecular complexity index is 805. The number of allylic oxidation sites excluding steroid dienone is 1. The van der Waals surface area contributed by atoms with Crippen LogP contribution in [0.25, 0.3) is 5.57 Å². The molecule has 6 heteroatoms. The standard InChI is InChI=1S/C20H21NO5/c1-22-15-8-13(9-16(12-15)23-2)17(6-7-21)14-10-18(24-3)20(26-5)19(11-14)25-4/h6,8-12H,1-5H3/b17-6-. The molecule has 26 heavy (non-hydrogen) atoms. The number of methoxy groups -OCH3 is 5. The van der Waals surface area contributed by atoms with Gasteiger partial charge in [-0.3, -0.25) is 0 Å². The molecule has 0 saturated carbocycles. The molecule has 0 unspecified atom stereocenters. The van der Waals surface area contributed by atoms with Crippen molar-refractivity contribution in [3.8, 4) is 34.8 Å². The summed E-state index contributed by atoms with van der Waals surface area (Å²) in [6.07, 6.45) is 1.45. The lowest BCUT2D eigenvalue weighted by atomic mass is 9.96. The second-order valence-corrected chi connectivity index (χ2v) is 5.20. The minimum atomic E-state index is 0.485. The van der Waals surface area contributed by atoms with Crippen molar-refractivity contribution in [1.29, 1.82) is 5.26 Å². The highest BCUT2D eigenvalue weighted by Crippen LogP contribution is 2.41. The Balaban J connectivity index is 2.70. The van der Waals surface area contributed by atoms with Crippen LogP contribution in [0.4, 0.5) is 0 Å². The Kier molecular flexibility index (Phi) is 6.34. The van der Waals surface area contributed by atoms with Gasteiger partial charge < -0.3 is 23.7 Å². The van der Waals surface area contributed by atoms with Gasteiger partial charge in [0.2, 0.25) is 5.75 Å². The molecule has 0 aromatic heterocycles. The summed E-state index contributed by atoms with van der Waals surface area (Å²) in [5, 5.41) is 9.29. The fourth-order valence-electron chi connectivity index (χ4n) is 2.60. The van der Waals surface area contributed by atoms with Gasteiger partial charge in [0.15, 0.2) is 11.5 Å². The van der Waals surface area contributed by atoms with Gasteiger partial charge in [0.25, 0.3) is 0 Å². The van der Waals surface area contributed by atoms with Crippen LogP contribution in [0.3, 0.4) is 0 Å². The van der Waals surface area contributed by atoms with Crippen LogP contribution >= 0.6 is 0 Å². The number of nitriles is 1. The summed E-state index contributed by atoms with van der Waals surface area (Å²) >= 11 is 0. The second kappa shape index (κ2) is 8.67. The van der Waals surface area contributed by atoms with Crippen molar-refractivity contribution in [2.24, 2.45) is 0 Å². The molecule has 0 bridgehead atoms. The fraction of sp³-hybridized carbons (Fsp3) is 0.250. The zero-order chi connectivity index (χ0) is 19.1. The summed E-state index contributed by atoms with van der Waals surface area (Å²) in [4.78, 5) is 0. The normalized spacial score (nSPS) is 10.7. The van der Waals surface area contributed by atoms with E-state index in [1.54, 1.807) is 53.7 Å². The SMILES string of the molecule is COc1cc(OC)cc(/C(=C/C#N)c2cc(OC)c(OC)c(OC)c2)c1. The molecule has 0 fully saturated rings. The van der Waals surface area contributed by atoms with Crippen molar-refractivity contribution in [3.63, 3.8) is 0 Å². The van der Waals surface area contributed by atoms with Crippen molar-refractivity contribution >= 4 is 5.57 Å². The first-order chi connectivity index (χ1) is 12.6. The van der Waals surface area contributed by atoms with E-state index in [1.165, 1.54) is 6.08 Å². The van der Waals surface area contributed by atoms with Crippen LogP contribution in [0.5, 0.6) is 28.7 Å². The summed E-state index contributed by atoms with van der Waals surface area (Å²) in [7, 11) is 7.78. The molecule has 2 aromatic carbocycles. The van der Waals surface area contributed by atoms with Crippen LogP contribution in [0.1, 0.15) is 11.1 Å². The van der Waals surface area contributed by atoms with Gasteiger partial charge in [-0.2, -0.15) is 5.26 Å². The molecule has 2 aromatic rings. The predicted octanol–water partition coefficient (Wildman–Crippen LogP) is 3.68. The first-order valence-electron chi connectivity index (χ1n) is 7.75. The Morgan fingerprint density at radius 3 is 1.62 bits per heavy atom. The molecule has 0 amide bonds. The van der Waals surface area contributed by atoms with Gasteiger partial charge in [0.1, 0.15) is 11.5 Å². The maximum absolute atomic E-state index is 9.29. The van der Waals surface area contributed by atoms with Gasteiger partial charge in [-0.15, -0.1) is 0 Å². The second-order valence-electron chi connectivity index (χ2n) is 5.20. The third-order valence-electron chi connectivity index (χ3n) is 3.85. The van der Waals surface area contributed by atoms with Gasteiger partial charge >= 0.3 is 0 Å². The number of hydrogen-bond donors (Lipinski definition) is 0. The molecule has 0 heterocycles. The first-order valence-corrected chi connectivity index (χ1v) is 7.75. The summed E-state index contributed by atoms with van der Waals surface area (Å²) in [6.45, 7) is 0. The smallest absolute Gasteiger partial charge is 0.203 e. The van der Waals surface area contributed by atoms with Gasteiger partial charge in [-0.1, -0.05) is 0 Å². The topological polar surface area (TPSA) is 69.9 Å². The molecular weight excluding hydrogens is 334 g/mol. The zero-order valence-corrected chi connectivity index (χ0v) is 15.5. The summed E-state index contributed by atoms with van der Waals surface area (Å²) in [5.74, 6) is 2.73. The van der Waals surface area contributed by atoms with E-state index >= 15 is 0 Å². The van der Waals surface area contributed by atoms with Crippen LogP contribution in [-0.4, -0.2) is 35.5 Å². The maximum atomic E-state index is 9.29. The van der Waals surface area contributed by atoms with Crippen LogP contribution in [0, 0.1) is 11.3 Å². The highest BCUT2D eigenvalue weighted by atomic mass is 16.5. The van der Waals surface area contributed by atoms with Crippen molar-refractivity contribution in [2.75, 3.05) is 35.5 Å². The third kappa shape index (κ3) is 3.83. The van der Waals surface area contributed by atoms with Gasteiger partial charge in [0.05, 0.1) is 41.6 Å². The molecule has 0 aliphatic rings. The van der Waals surface area contributed by atoms with E-state index in [4.69, 9.17) is 23.7 Å². The number of benzene rings is 2. The van der Waals surface area contributed by atoms with Crippen LogP contribution in [0.15, 0.2) is 36.4 Å². The Hall–Kier alpha value is -3.33. The monoisotopic (exact) mass is 355 g/mol. The number of rotatable bonds is 7. The number of hydrogen-bond acceptors (Lipinski definition) is 6. The molecule has 0 aliphatic heterocycles. The first kappa shape index (κ1) is 19.0. The van der Waals surface area contributed by atoms with E-state index in [1.807, 2.05) is 12.1 Å². The van der Waals surface area contributed by atoms with Crippen molar-refractivity contribution in [2.45, 2.75) is 0 Å². The molecule has 136 valence electrons. The number of ether oxygens (including phenoxy) is 5. The van der Waals surface area contributed by atoms with Crippen LogP contribution in [-0.2, 0) is 0 Å². The largest absolute Gasteiger partial charge is 0.497 e. The maximum Gasteiger partial charge on any atom is 0.203 e. The molecule has 0 radical (unpaired) electrons. The van der Waals surface area contributed by atoms with Crippen LogP contribution < -0.4 is 23.7 Å². The van der Waals surface area contributed by atoms with Gasteiger partial charge in [0, 0.05) is 12.1 Å². The third-order valence-corrected chi connectivity index (χ3v) is 3.85. The minimum Gasteiger partial charge on any atom is -0.497 e. The van der Waals surface area contributed by atoms with E-state index in [9.17, 15) is 5.26 Å². The Morgan fingerprint density at radius 2 is 1.23 bits per heavy atom. The zero-order valence-electron chi connectivity index (χ0n) is 15.5. The fourth-order valence-corrected chi connectivity index (χ4v) is 2.60. The van der Waals surface area contributed by atoms with Crippen molar-refractivity contribution < 1.29 is 23.7 Å². The lowest BCUT2D eigenvalue weighted by Gasteiger charge is -2.16. The molecule has 2 rings (SSSR count). The summed E-state index contributed by atoms with van der Waals surface area (Å²) in [5.41, 5.74) is 2.16. The average Bonchev–Trinajstić information content (AvgIpc) is 2.70. The van der Waals surface area contributed by atoms with E-state index in [0.717, 1.165) is 11.1 Å². The van der Waals surface area contributed by atoms with E-state index in [2.05, 4.69) is 6.07 Å².